The van der Waals surface area contributed by atoms with E-state index in [4.69, 9.17) is 0 Å². The number of nitrogens with zero attached hydrogens (tertiary/aromatic N) is 3. The molecule has 2 aromatic heterocycles. The highest BCUT2D eigenvalue weighted by Gasteiger charge is 2.12. The number of carbonyl (C=O) groups excluding carboxylic acids is 1. The Bertz CT molecular complexity index is 931. The normalized spacial score (nSPS) is 10.6. The molecule has 0 aliphatic carbocycles. The highest BCUT2D eigenvalue weighted by atomic mass is 32.1. The predicted molar refractivity (Wildman–Crippen MR) is 94.2 cm³/mol. The van der Waals surface area contributed by atoms with E-state index in [-0.39, 0.29) is 18.0 Å². The first-order chi connectivity index (χ1) is 11.5. The lowest BCUT2D eigenvalue weighted by molar-refractivity contribution is -0.116. The van der Waals surface area contributed by atoms with E-state index < -0.39 is 0 Å². The summed E-state index contributed by atoms with van der Waals surface area (Å²) in [5.74, 6) is 0.190. The van der Waals surface area contributed by atoms with Crippen LogP contribution in [0.1, 0.15) is 11.5 Å². The third kappa shape index (κ3) is 3.57. The second-order valence-corrected chi connectivity index (χ2v) is 6.18. The van der Waals surface area contributed by atoms with Crippen molar-refractivity contribution in [3.05, 3.63) is 63.7 Å². The molecule has 0 saturated heterocycles. The highest BCUT2D eigenvalue weighted by molar-refractivity contribution is 7.13. The maximum Gasteiger partial charge on any atom is 0.254 e. The molecule has 0 aliphatic rings. The van der Waals surface area contributed by atoms with Crippen molar-refractivity contribution in [2.24, 2.45) is 0 Å². The molecule has 3 aromatic rings. The lowest BCUT2D eigenvalue weighted by atomic mass is 10.1. The summed E-state index contributed by atoms with van der Waals surface area (Å²) in [6.45, 7) is 3.48. The molecule has 24 heavy (non-hydrogen) atoms. The van der Waals surface area contributed by atoms with Crippen molar-refractivity contribution in [3.63, 3.8) is 0 Å². The molecule has 1 amide bonds. The summed E-state index contributed by atoms with van der Waals surface area (Å²) < 4.78 is 1.35. The minimum atomic E-state index is -0.302. The van der Waals surface area contributed by atoms with Gasteiger partial charge in [-0.1, -0.05) is 30.3 Å². The lowest BCUT2D eigenvalue weighted by Gasteiger charge is -2.10. The number of anilines is 1. The van der Waals surface area contributed by atoms with E-state index >= 15 is 0 Å². The molecule has 3 rings (SSSR count). The Morgan fingerprint density at radius 2 is 1.96 bits per heavy atom. The molecule has 7 heteroatoms. The van der Waals surface area contributed by atoms with Crippen LogP contribution in [0.5, 0.6) is 0 Å². The van der Waals surface area contributed by atoms with Crippen LogP contribution in [0, 0.1) is 13.8 Å². The number of benzene rings is 1. The van der Waals surface area contributed by atoms with Crippen LogP contribution in [0.4, 0.5) is 5.13 Å². The van der Waals surface area contributed by atoms with Crippen molar-refractivity contribution < 1.29 is 4.79 Å². The topological polar surface area (TPSA) is 76.9 Å². The molecule has 0 saturated carbocycles. The number of hydrogen-bond donors (Lipinski definition) is 1. The van der Waals surface area contributed by atoms with Gasteiger partial charge in [-0.3, -0.25) is 14.2 Å². The van der Waals surface area contributed by atoms with Gasteiger partial charge >= 0.3 is 0 Å². The third-order valence-corrected chi connectivity index (χ3v) is 4.31. The number of carbonyl (C=O) groups is 1. The summed E-state index contributed by atoms with van der Waals surface area (Å²) >= 11 is 1.35. The van der Waals surface area contributed by atoms with Gasteiger partial charge in [-0.2, -0.15) is 0 Å². The van der Waals surface area contributed by atoms with E-state index in [1.165, 1.54) is 22.0 Å². The monoisotopic (exact) mass is 340 g/mol. The second kappa shape index (κ2) is 6.76. The second-order valence-electron chi connectivity index (χ2n) is 5.32. The minimum Gasteiger partial charge on any atom is -0.300 e. The molecule has 6 nitrogen and oxygen atoms in total. The van der Waals surface area contributed by atoms with Crippen LogP contribution in [0.15, 0.2) is 46.6 Å². The number of nitrogens with one attached hydrogen (secondary N) is 1. The predicted octanol–water partition coefficient (Wildman–Crippen LogP) is 2.62. The van der Waals surface area contributed by atoms with E-state index in [1.807, 2.05) is 42.6 Å². The molecule has 0 atom stereocenters. The highest BCUT2D eigenvalue weighted by Crippen LogP contribution is 2.16. The average molecular weight is 340 g/mol. The zero-order chi connectivity index (χ0) is 17.1. The molecule has 0 aliphatic heterocycles. The largest absolute Gasteiger partial charge is 0.300 e. The Morgan fingerprint density at radius 3 is 2.58 bits per heavy atom. The number of amides is 1. The number of hydrogen-bond acceptors (Lipinski definition) is 5. The standard InChI is InChI=1S/C17H16N4O2S/c1-11-10-24-17(18-11)20-15(22)9-21-12(2)19-14(8-16(21)23)13-6-4-3-5-7-13/h3-8,10H,9H2,1-2H3,(H,18,20,22). The van der Waals surface area contributed by atoms with E-state index in [0.29, 0.717) is 16.6 Å². The Kier molecular flexibility index (Phi) is 4.52. The van der Waals surface area contributed by atoms with Crippen molar-refractivity contribution in [1.82, 2.24) is 14.5 Å². The first kappa shape index (κ1) is 16.1. The average Bonchev–Trinajstić information content (AvgIpc) is 2.96. The van der Waals surface area contributed by atoms with Crippen LogP contribution in [-0.4, -0.2) is 20.4 Å². The zero-order valence-electron chi connectivity index (χ0n) is 13.3. The summed E-state index contributed by atoms with van der Waals surface area (Å²) in [5.41, 5.74) is 2.06. The van der Waals surface area contributed by atoms with Gasteiger partial charge in [-0.25, -0.2) is 9.97 Å². The van der Waals surface area contributed by atoms with Crippen LogP contribution in [0.25, 0.3) is 11.3 Å². The fourth-order valence-electron chi connectivity index (χ4n) is 2.28. The molecule has 122 valence electrons. The molecule has 0 fully saturated rings. The summed E-state index contributed by atoms with van der Waals surface area (Å²) in [7, 11) is 0. The van der Waals surface area contributed by atoms with Gasteiger partial charge in [0.15, 0.2) is 5.13 Å². The Balaban J connectivity index is 1.81. The SMILES string of the molecule is Cc1csc(NC(=O)Cn2c(C)nc(-c3ccccc3)cc2=O)n1. The van der Waals surface area contributed by atoms with Gasteiger partial charge in [0.1, 0.15) is 12.4 Å². The Hall–Kier alpha value is -2.80. The molecule has 0 unspecified atom stereocenters. The van der Waals surface area contributed by atoms with Gasteiger partial charge in [-0.05, 0) is 13.8 Å². The zero-order valence-corrected chi connectivity index (χ0v) is 14.1. The van der Waals surface area contributed by atoms with Gasteiger partial charge in [0, 0.05) is 17.0 Å². The molecular weight excluding hydrogens is 324 g/mol. The van der Waals surface area contributed by atoms with Crippen molar-refractivity contribution in [2.45, 2.75) is 20.4 Å². The van der Waals surface area contributed by atoms with E-state index in [1.54, 1.807) is 6.92 Å². The van der Waals surface area contributed by atoms with E-state index in [2.05, 4.69) is 15.3 Å². The summed E-state index contributed by atoms with van der Waals surface area (Å²) in [6, 6.07) is 10.9. The van der Waals surface area contributed by atoms with Crippen LogP contribution < -0.4 is 10.9 Å². The van der Waals surface area contributed by atoms with Crippen LogP contribution in [0.2, 0.25) is 0 Å². The molecule has 0 radical (unpaired) electrons. The van der Waals surface area contributed by atoms with Gasteiger partial charge in [0.05, 0.1) is 11.4 Å². The maximum atomic E-state index is 12.4. The Morgan fingerprint density at radius 1 is 1.21 bits per heavy atom. The first-order valence-corrected chi connectivity index (χ1v) is 8.27. The molecule has 0 bridgehead atoms. The maximum absolute atomic E-state index is 12.4. The molecule has 2 heterocycles. The molecule has 1 aromatic carbocycles. The van der Waals surface area contributed by atoms with Crippen LogP contribution >= 0.6 is 11.3 Å². The van der Waals surface area contributed by atoms with E-state index in [0.717, 1.165) is 11.3 Å². The van der Waals surface area contributed by atoms with Crippen LogP contribution in [0.3, 0.4) is 0 Å². The quantitative estimate of drug-likeness (QED) is 0.792. The summed E-state index contributed by atoms with van der Waals surface area (Å²) in [5, 5.41) is 5.07. The first-order valence-electron chi connectivity index (χ1n) is 7.39. The number of aromatic nitrogens is 3. The smallest absolute Gasteiger partial charge is 0.254 e. The fourth-order valence-corrected chi connectivity index (χ4v) is 2.99. The number of thiazole rings is 1. The number of aryl methyl sites for hydroxylation is 2. The Labute approximate surface area is 142 Å². The van der Waals surface area contributed by atoms with Gasteiger partial charge < -0.3 is 5.32 Å². The summed E-state index contributed by atoms with van der Waals surface area (Å²) in [4.78, 5) is 33.1. The third-order valence-electron chi connectivity index (χ3n) is 3.44. The summed E-state index contributed by atoms with van der Waals surface area (Å²) in [6.07, 6.45) is 0. The van der Waals surface area contributed by atoms with Gasteiger partial charge in [0.2, 0.25) is 5.91 Å². The lowest BCUT2D eigenvalue weighted by Crippen LogP contribution is -2.29. The molecule has 1 N–H and O–H groups in total. The van der Waals surface area contributed by atoms with Crippen molar-refractivity contribution >= 4 is 22.4 Å². The van der Waals surface area contributed by atoms with Gasteiger partial charge in [-0.15, -0.1) is 11.3 Å². The van der Waals surface area contributed by atoms with Crippen molar-refractivity contribution in [3.8, 4) is 11.3 Å². The fraction of sp³-hybridized carbons (Fsp3) is 0.176. The number of rotatable bonds is 4. The van der Waals surface area contributed by atoms with E-state index in [9.17, 15) is 9.59 Å². The van der Waals surface area contributed by atoms with Crippen LogP contribution in [-0.2, 0) is 11.3 Å². The molecular formula is C17H16N4O2S. The van der Waals surface area contributed by atoms with Crippen molar-refractivity contribution in [1.29, 1.82) is 0 Å². The molecule has 0 spiro atoms. The van der Waals surface area contributed by atoms with Crippen molar-refractivity contribution in [2.75, 3.05) is 5.32 Å². The minimum absolute atomic E-state index is 0.0919. The van der Waals surface area contributed by atoms with Gasteiger partial charge in [0.25, 0.3) is 5.56 Å².